The molecule has 3 aliphatic rings. The fourth-order valence-electron chi connectivity index (χ4n) is 3.12. The second-order valence-corrected chi connectivity index (χ2v) is 5.79. The zero-order chi connectivity index (χ0) is 10.3. The summed E-state index contributed by atoms with van der Waals surface area (Å²) in [6.07, 6.45) is 18.7. The van der Waals surface area contributed by atoms with Gasteiger partial charge in [0.2, 0.25) is 0 Å². The standard InChI is InChI=1S/C14H15.2BrH.Ti/c1-2-6-11(5-1)14-9-12-7-3-4-8-13(12)10-14;;;/h1-5,7-9,12-14H,6,10H2;2*1H;/q;;;+2/p-2. The van der Waals surface area contributed by atoms with Crippen molar-refractivity contribution in [3.63, 3.8) is 0 Å². The minimum atomic E-state index is 0. The molecular formula is C14H15Br2Ti. The van der Waals surface area contributed by atoms with Crippen LogP contribution in [0.4, 0.5) is 0 Å². The summed E-state index contributed by atoms with van der Waals surface area (Å²) in [5, 5.41) is 0. The molecule has 0 N–H and O–H groups in total. The summed E-state index contributed by atoms with van der Waals surface area (Å²) >= 11 is 2.43. The van der Waals surface area contributed by atoms with Crippen LogP contribution in [0.15, 0.2) is 48.1 Å². The Hall–Kier alpha value is 0.634. The van der Waals surface area contributed by atoms with Gasteiger partial charge in [-0.3, -0.25) is 0 Å². The molecular weight excluding hydrogens is 376 g/mol. The van der Waals surface area contributed by atoms with Crippen molar-refractivity contribution in [1.29, 1.82) is 0 Å². The van der Waals surface area contributed by atoms with E-state index in [0.29, 0.717) is 0 Å². The normalized spacial score (nSPS) is 37.2. The number of hydrogen-bond acceptors (Lipinski definition) is 0. The first-order valence-corrected chi connectivity index (χ1v) is 6.68. The van der Waals surface area contributed by atoms with E-state index in [1.807, 2.05) is 0 Å². The molecule has 17 heavy (non-hydrogen) atoms. The maximum atomic E-state index is 2.43. The Morgan fingerprint density at radius 1 is 1.06 bits per heavy atom. The Morgan fingerprint density at radius 3 is 2.47 bits per heavy atom. The van der Waals surface area contributed by atoms with Crippen molar-refractivity contribution in [2.75, 3.05) is 0 Å². The summed E-state index contributed by atoms with van der Waals surface area (Å²) in [4.78, 5) is 0. The quantitative estimate of drug-likeness (QED) is 0.438. The van der Waals surface area contributed by atoms with Crippen LogP contribution in [0, 0.1) is 17.8 Å². The van der Waals surface area contributed by atoms with Gasteiger partial charge < -0.3 is 34.0 Å². The zero-order valence-electron chi connectivity index (χ0n) is 9.52. The molecule has 0 radical (unpaired) electrons. The van der Waals surface area contributed by atoms with Crippen LogP contribution in [0.1, 0.15) is 12.8 Å². The topological polar surface area (TPSA) is 0 Å². The van der Waals surface area contributed by atoms with E-state index in [0.717, 1.165) is 22.0 Å². The van der Waals surface area contributed by atoms with E-state index in [4.69, 9.17) is 0 Å². The van der Waals surface area contributed by atoms with Crippen LogP contribution in [0.3, 0.4) is 0 Å². The van der Waals surface area contributed by atoms with E-state index < -0.39 is 0 Å². The summed E-state index contributed by atoms with van der Waals surface area (Å²) in [6, 6.07) is 0. The molecule has 1 saturated carbocycles. The number of fused-ring (bicyclic) bond motifs is 1. The fraction of sp³-hybridized carbons (Fsp3) is 0.429. The first-order chi connectivity index (χ1) is 7.36. The maximum absolute atomic E-state index is 2.43. The minimum absolute atomic E-state index is 0. The van der Waals surface area contributed by atoms with Gasteiger partial charge in [-0.1, -0.05) is 0 Å². The molecule has 0 saturated heterocycles. The van der Waals surface area contributed by atoms with Crippen molar-refractivity contribution in [2.24, 2.45) is 17.8 Å². The predicted molar refractivity (Wildman–Crippen MR) is 59.0 cm³/mol. The molecule has 0 spiro atoms. The average molecular weight is 391 g/mol. The van der Waals surface area contributed by atoms with Crippen molar-refractivity contribution in [3.05, 3.63) is 48.1 Å². The second kappa shape index (κ2) is 6.70. The van der Waals surface area contributed by atoms with Crippen molar-refractivity contribution >= 4 is 0 Å². The fourth-order valence-corrected chi connectivity index (χ4v) is 4.23. The molecule has 4 unspecified atom stereocenters. The van der Waals surface area contributed by atoms with Gasteiger partial charge in [-0.15, -0.1) is 0 Å². The van der Waals surface area contributed by atoms with E-state index in [1.54, 1.807) is 5.57 Å². The molecule has 3 heteroatoms. The third kappa shape index (κ3) is 2.97. The molecule has 0 aromatic heterocycles. The van der Waals surface area contributed by atoms with Crippen LogP contribution in [0.2, 0.25) is 4.22 Å². The first-order valence-electron chi connectivity index (χ1n) is 5.78. The summed E-state index contributed by atoms with van der Waals surface area (Å²) in [6.45, 7) is 0. The molecule has 0 nitrogen and oxygen atoms in total. The molecule has 0 amide bonds. The van der Waals surface area contributed by atoms with Crippen LogP contribution in [-0.4, -0.2) is 0 Å². The molecule has 0 bridgehead atoms. The van der Waals surface area contributed by atoms with Crippen LogP contribution in [-0.2, 0) is 20.4 Å². The van der Waals surface area contributed by atoms with Crippen molar-refractivity contribution in [3.8, 4) is 0 Å². The van der Waals surface area contributed by atoms with E-state index in [1.165, 1.54) is 12.8 Å². The van der Waals surface area contributed by atoms with Gasteiger partial charge in [0, 0.05) is 0 Å². The summed E-state index contributed by atoms with van der Waals surface area (Å²) in [5.74, 6) is 2.42. The van der Waals surface area contributed by atoms with Crippen LogP contribution >= 0.6 is 0 Å². The first kappa shape index (κ1) is 15.7. The second-order valence-electron chi connectivity index (χ2n) is 4.75. The monoisotopic (exact) mass is 389 g/mol. The van der Waals surface area contributed by atoms with Gasteiger partial charge in [-0.25, -0.2) is 0 Å². The SMILES string of the molecule is [Br-].[Br-].[Ti+2][CH]1C(C2=CC=CC2)CC2C=CC=CC21. The van der Waals surface area contributed by atoms with Crippen molar-refractivity contribution in [2.45, 2.75) is 17.1 Å². The van der Waals surface area contributed by atoms with Gasteiger partial charge in [-0.2, -0.15) is 0 Å². The van der Waals surface area contributed by atoms with Gasteiger partial charge in [0.05, 0.1) is 0 Å². The van der Waals surface area contributed by atoms with Crippen molar-refractivity contribution in [1.82, 2.24) is 0 Å². The number of allylic oxidation sites excluding steroid dienone is 8. The molecule has 0 heterocycles. The number of rotatable bonds is 1. The summed E-state index contributed by atoms with van der Waals surface area (Å²) in [5.41, 5.74) is 1.67. The summed E-state index contributed by atoms with van der Waals surface area (Å²) in [7, 11) is 0. The molecule has 3 rings (SSSR count). The van der Waals surface area contributed by atoms with E-state index in [-0.39, 0.29) is 34.0 Å². The third-order valence-corrected chi connectivity index (χ3v) is 5.18. The van der Waals surface area contributed by atoms with Gasteiger partial charge in [-0.05, 0) is 0 Å². The molecule has 4 atom stereocenters. The van der Waals surface area contributed by atoms with Gasteiger partial charge in [0.1, 0.15) is 0 Å². The Balaban J connectivity index is 0.000000722. The molecule has 0 aliphatic heterocycles. The predicted octanol–water partition coefficient (Wildman–Crippen LogP) is -2.41. The van der Waals surface area contributed by atoms with Crippen LogP contribution in [0.25, 0.3) is 0 Å². The molecule has 89 valence electrons. The Bertz CT molecular complexity index is 382. The molecule has 0 aromatic carbocycles. The Morgan fingerprint density at radius 2 is 1.82 bits per heavy atom. The zero-order valence-corrected chi connectivity index (χ0v) is 14.3. The van der Waals surface area contributed by atoms with Gasteiger partial charge in [0.15, 0.2) is 0 Å². The van der Waals surface area contributed by atoms with Crippen LogP contribution in [0.5, 0.6) is 0 Å². The van der Waals surface area contributed by atoms with Gasteiger partial charge in [0.25, 0.3) is 0 Å². The number of hydrogen-bond donors (Lipinski definition) is 0. The van der Waals surface area contributed by atoms with E-state index in [2.05, 4.69) is 63.0 Å². The third-order valence-electron chi connectivity index (χ3n) is 3.95. The number of halogens is 2. The molecule has 3 aliphatic carbocycles. The van der Waals surface area contributed by atoms with Crippen LogP contribution < -0.4 is 34.0 Å². The summed E-state index contributed by atoms with van der Waals surface area (Å²) < 4.78 is 0.822. The Labute approximate surface area is 136 Å². The average Bonchev–Trinajstić information content (AvgIpc) is 2.87. The van der Waals surface area contributed by atoms with Crippen molar-refractivity contribution < 1.29 is 54.4 Å². The van der Waals surface area contributed by atoms with E-state index in [9.17, 15) is 0 Å². The molecule has 1 fully saturated rings. The Kier molecular flexibility index (Phi) is 6.18. The van der Waals surface area contributed by atoms with E-state index >= 15 is 0 Å². The molecule has 0 aromatic rings. The van der Waals surface area contributed by atoms with Gasteiger partial charge >= 0.3 is 103 Å².